The van der Waals surface area contributed by atoms with E-state index in [1.807, 2.05) is 6.07 Å². The Labute approximate surface area is 91.5 Å². The number of carbonyl (C=O) groups excluding carboxylic acids is 1. The number of hydrogen-bond acceptors (Lipinski definition) is 2. The van der Waals surface area contributed by atoms with Crippen LogP contribution >= 0.6 is 11.6 Å². The lowest BCUT2D eigenvalue weighted by molar-refractivity contribution is 0.0944. The molecule has 0 saturated heterocycles. The van der Waals surface area contributed by atoms with Gasteiger partial charge in [-0.2, -0.15) is 5.26 Å². The van der Waals surface area contributed by atoms with E-state index in [0.717, 1.165) is 6.07 Å². The van der Waals surface area contributed by atoms with Crippen molar-refractivity contribution in [3.05, 3.63) is 34.6 Å². The smallest absolute Gasteiger partial charge is 0.256 e. The van der Waals surface area contributed by atoms with Gasteiger partial charge in [0.2, 0.25) is 0 Å². The van der Waals surface area contributed by atoms with Crippen LogP contribution in [0.1, 0.15) is 17.3 Å². The molecule has 0 heterocycles. The van der Waals surface area contributed by atoms with Crippen LogP contribution in [0.25, 0.3) is 0 Å². The van der Waals surface area contributed by atoms with Gasteiger partial charge in [0.05, 0.1) is 16.7 Å². The summed E-state index contributed by atoms with van der Waals surface area (Å²) in [5.74, 6) is -1.39. The fourth-order valence-electron chi connectivity index (χ4n) is 1.02. The number of halogens is 2. The van der Waals surface area contributed by atoms with E-state index in [1.165, 1.54) is 19.1 Å². The topological polar surface area (TPSA) is 52.9 Å². The van der Waals surface area contributed by atoms with Crippen molar-refractivity contribution in [2.24, 2.45) is 0 Å². The molecule has 0 aliphatic carbocycles. The number of hydrogen-bond donors (Lipinski definition) is 1. The molecule has 0 bridgehead atoms. The van der Waals surface area contributed by atoms with Gasteiger partial charge in [-0.3, -0.25) is 4.79 Å². The summed E-state index contributed by atoms with van der Waals surface area (Å²) in [4.78, 5) is 11.5. The molecule has 0 saturated carbocycles. The Kier molecular flexibility index (Phi) is 3.64. The molecule has 3 nitrogen and oxygen atoms in total. The highest BCUT2D eigenvalue weighted by molar-refractivity contribution is 6.33. The predicted molar refractivity (Wildman–Crippen MR) is 54.0 cm³/mol. The average Bonchev–Trinajstić information content (AvgIpc) is 2.17. The van der Waals surface area contributed by atoms with Crippen LogP contribution in [-0.4, -0.2) is 11.9 Å². The number of rotatable bonds is 2. The van der Waals surface area contributed by atoms with E-state index in [-0.39, 0.29) is 10.6 Å². The molecule has 1 aromatic rings. The molecule has 0 aliphatic heterocycles. The quantitative estimate of drug-likeness (QED) is 0.840. The summed E-state index contributed by atoms with van der Waals surface area (Å²) in [6.45, 7) is 1.49. The molecule has 1 unspecified atom stereocenters. The van der Waals surface area contributed by atoms with Crippen LogP contribution in [0.3, 0.4) is 0 Å². The lowest BCUT2D eigenvalue weighted by atomic mass is 10.2. The lowest BCUT2D eigenvalue weighted by Crippen LogP contribution is -2.32. The number of carbonyl (C=O) groups is 1. The Hall–Kier alpha value is -1.60. The summed E-state index contributed by atoms with van der Waals surface area (Å²) < 4.78 is 13.2. The highest BCUT2D eigenvalue weighted by Gasteiger charge is 2.16. The highest BCUT2D eigenvalue weighted by atomic mass is 35.5. The van der Waals surface area contributed by atoms with Gasteiger partial charge in [-0.05, 0) is 19.1 Å². The molecular weight excluding hydrogens is 219 g/mol. The fraction of sp³-hybridized carbons (Fsp3) is 0.200. The molecule has 5 heteroatoms. The molecule has 1 atom stereocenters. The summed E-state index contributed by atoms with van der Waals surface area (Å²) in [5, 5.41) is 10.8. The van der Waals surface area contributed by atoms with E-state index in [9.17, 15) is 9.18 Å². The van der Waals surface area contributed by atoms with Gasteiger partial charge in [0.15, 0.2) is 0 Å². The van der Waals surface area contributed by atoms with Gasteiger partial charge in [0.1, 0.15) is 11.9 Å². The Morgan fingerprint density at radius 1 is 1.67 bits per heavy atom. The summed E-state index contributed by atoms with van der Waals surface area (Å²) in [7, 11) is 0. The maximum Gasteiger partial charge on any atom is 0.256 e. The van der Waals surface area contributed by atoms with E-state index in [0.29, 0.717) is 0 Å². The molecule has 0 aliphatic rings. The Morgan fingerprint density at radius 3 is 2.87 bits per heavy atom. The highest BCUT2D eigenvalue weighted by Crippen LogP contribution is 2.18. The molecule has 1 aromatic carbocycles. The molecule has 0 spiro atoms. The Morgan fingerprint density at radius 2 is 2.33 bits per heavy atom. The second kappa shape index (κ2) is 4.76. The van der Waals surface area contributed by atoms with Crippen molar-refractivity contribution < 1.29 is 9.18 Å². The maximum absolute atomic E-state index is 13.2. The van der Waals surface area contributed by atoms with Crippen molar-refractivity contribution in [3.8, 4) is 6.07 Å². The Bertz CT molecular complexity index is 408. The fourth-order valence-corrected chi connectivity index (χ4v) is 1.26. The summed E-state index contributed by atoms with van der Waals surface area (Å²) in [5.41, 5.74) is -0.235. The van der Waals surface area contributed by atoms with E-state index >= 15 is 0 Å². The zero-order chi connectivity index (χ0) is 11.4. The molecule has 0 aromatic heterocycles. The molecule has 15 heavy (non-hydrogen) atoms. The third kappa shape index (κ3) is 2.67. The lowest BCUT2D eigenvalue weighted by Gasteiger charge is -2.08. The molecular formula is C10H8ClFN2O. The second-order valence-corrected chi connectivity index (χ2v) is 3.33. The summed E-state index contributed by atoms with van der Waals surface area (Å²) >= 11 is 5.67. The first-order valence-corrected chi connectivity index (χ1v) is 4.58. The monoisotopic (exact) mass is 226 g/mol. The van der Waals surface area contributed by atoms with Gasteiger partial charge in [-0.25, -0.2) is 4.39 Å². The van der Waals surface area contributed by atoms with E-state index < -0.39 is 17.8 Å². The van der Waals surface area contributed by atoms with Crippen LogP contribution in [0, 0.1) is 17.1 Å². The van der Waals surface area contributed by atoms with E-state index in [4.69, 9.17) is 16.9 Å². The van der Waals surface area contributed by atoms with Gasteiger partial charge in [-0.15, -0.1) is 0 Å². The summed E-state index contributed by atoms with van der Waals surface area (Å²) in [6.07, 6.45) is 0. The molecule has 0 radical (unpaired) electrons. The van der Waals surface area contributed by atoms with Crippen molar-refractivity contribution in [2.45, 2.75) is 13.0 Å². The molecule has 1 N–H and O–H groups in total. The van der Waals surface area contributed by atoms with Crippen LogP contribution in [0.15, 0.2) is 18.2 Å². The third-order valence-corrected chi connectivity index (χ3v) is 2.05. The first-order chi connectivity index (χ1) is 7.06. The molecule has 1 amide bonds. The van der Waals surface area contributed by atoms with E-state index in [2.05, 4.69) is 5.32 Å². The van der Waals surface area contributed by atoms with Gasteiger partial charge in [0, 0.05) is 0 Å². The SMILES string of the molecule is CC(C#N)NC(=O)c1c(F)cccc1Cl. The molecule has 0 fully saturated rings. The van der Waals surface area contributed by atoms with E-state index in [1.54, 1.807) is 0 Å². The van der Waals surface area contributed by atoms with Gasteiger partial charge in [0.25, 0.3) is 5.91 Å². The van der Waals surface area contributed by atoms with Crippen LogP contribution in [0.5, 0.6) is 0 Å². The number of benzene rings is 1. The van der Waals surface area contributed by atoms with Crippen LogP contribution in [0.4, 0.5) is 4.39 Å². The Balaban J connectivity index is 2.97. The third-order valence-electron chi connectivity index (χ3n) is 1.73. The molecule has 1 rings (SSSR count). The maximum atomic E-state index is 13.2. The summed E-state index contributed by atoms with van der Waals surface area (Å²) in [6, 6.07) is 5.08. The predicted octanol–water partition coefficient (Wildman–Crippen LogP) is 2.12. The first kappa shape index (κ1) is 11.5. The van der Waals surface area contributed by atoms with Crippen molar-refractivity contribution >= 4 is 17.5 Å². The zero-order valence-electron chi connectivity index (χ0n) is 7.92. The van der Waals surface area contributed by atoms with Crippen molar-refractivity contribution in [1.29, 1.82) is 5.26 Å². The number of nitrogens with zero attached hydrogens (tertiary/aromatic N) is 1. The minimum Gasteiger partial charge on any atom is -0.336 e. The minimum absolute atomic E-state index is 0.0256. The van der Waals surface area contributed by atoms with Gasteiger partial charge in [-0.1, -0.05) is 17.7 Å². The standard InChI is InChI=1S/C10H8ClFN2O/c1-6(5-13)14-10(15)9-7(11)3-2-4-8(9)12/h2-4,6H,1H3,(H,14,15). The van der Waals surface area contributed by atoms with Crippen LogP contribution < -0.4 is 5.32 Å². The molecule has 78 valence electrons. The van der Waals surface area contributed by atoms with Crippen LogP contribution in [0.2, 0.25) is 5.02 Å². The zero-order valence-corrected chi connectivity index (χ0v) is 8.68. The number of nitriles is 1. The van der Waals surface area contributed by atoms with Gasteiger partial charge >= 0.3 is 0 Å². The van der Waals surface area contributed by atoms with Crippen LogP contribution in [-0.2, 0) is 0 Å². The first-order valence-electron chi connectivity index (χ1n) is 4.20. The minimum atomic E-state index is -0.704. The number of amides is 1. The van der Waals surface area contributed by atoms with Crippen molar-refractivity contribution in [3.63, 3.8) is 0 Å². The average molecular weight is 227 g/mol. The van der Waals surface area contributed by atoms with Crippen molar-refractivity contribution in [2.75, 3.05) is 0 Å². The normalized spacial score (nSPS) is 11.6. The number of nitrogens with one attached hydrogen (secondary N) is 1. The van der Waals surface area contributed by atoms with Gasteiger partial charge < -0.3 is 5.32 Å². The second-order valence-electron chi connectivity index (χ2n) is 2.92. The largest absolute Gasteiger partial charge is 0.336 e. The van der Waals surface area contributed by atoms with Crippen molar-refractivity contribution in [1.82, 2.24) is 5.32 Å².